The number of carbonyl (C=O) groups excluding carboxylic acids is 1. The maximum Gasteiger partial charge on any atom is 0.255 e. The fourth-order valence-electron chi connectivity index (χ4n) is 4.57. The van der Waals surface area contributed by atoms with Gasteiger partial charge < -0.3 is 15.4 Å². The highest BCUT2D eigenvalue weighted by Crippen LogP contribution is 2.40. The number of amides is 1. The molecule has 0 spiro atoms. The highest BCUT2D eigenvalue weighted by atomic mass is 32.2. The Bertz CT molecular complexity index is 1480. The van der Waals surface area contributed by atoms with Crippen LogP contribution in [-0.2, 0) is 11.4 Å². The summed E-state index contributed by atoms with van der Waals surface area (Å²) < 4.78 is 8.22. The van der Waals surface area contributed by atoms with E-state index < -0.39 is 6.04 Å². The highest BCUT2D eigenvalue weighted by molar-refractivity contribution is 7.99. The first-order chi connectivity index (χ1) is 19.0. The molecule has 1 aliphatic heterocycles. The molecule has 1 aromatic heterocycles. The van der Waals surface area contributed by atoms with E-state index in [0.717, 1.165) is 41.1 Å². The van der Waals surface area contributed by atoms with Gasteiger partial charge in [0.1, 0.15) is 18.4 Å². The lowest BCUT2D eigenvalue weighted by Crippen LogP contribution is -2.31. The molecule has 1 atom stereocenters. The third kappa shape index (κ3) is 6.01. The summed E-state index contributed by atoms with van der Waals surface area (Å²) in [6, 6.07) is 25.0. The number of para-hydroxylation sites is 2. The Labute approximate surface area is 233 Å². The van der Waals surface area contributed by atoms with Gasteiger partial charge in [-0.05, 0) is 49.6 Å². The first-order valence-corrected chi connectivity index (χ1v) is 14.2. The zero-order valence-electron chi connectivity index (χ0n) is 22.5. The normalized spacial score (nSPS) is 14.5. The zero-order valence-corrected chi connectivity index (χ0v) is 23.3. The molecular weight excluding hydrogens is 506 g/mol. The van der Waals surface area contributed by atoms with Gasteiger partial charge in [0, 0.05) is 22.7 Å². The Morgan fingerprint density at radius 3 is 2.56 bits per heavy atom. The molecule has 1 unspecified atom stereocenters. The summed E-state index contributed by atoms with van der Waals surface area (Å²) in [5, 5.41) is 11.9. The van der Waals surface area contributed by atoms with Gasteiger partial charge in [-0.2, -0.15) is 4.98 Å². The van der Waals surface area contributed by atoms with Gasteiger partial charge in [0.05, 0.1) is 5.57 Å². The van der Waals surface area contributed by atoms with Crippen molar-refractivity contribution < 1.29 is 9.53 Å². The number of nitrogens with zero attached hydrogens (tertiary/aromatic N) is 3. The van der Waals surface area contributed by atoms with Crippen LogP contribution in [0.2, 0.25) is 0 Å². The number of allylic oxidation sites excluding steroid dienone is 1. The minimum Gasteiger partial charge on any atom is -0.489 e. The second-order valence-corrected chi connectivity index (χ2v) is 10.6. The summed E-state index contributed by atoms with van der Waals surface area (Å²) in [5.74, 6) is 2.05. The van der Waals surface area contributed by atoms with Crippen LogP contribution in [0.15, 0.2) is 95.3 Å². The molecule has 2 heterocycles. The zero-order chi connectivity index (χ0) is 27.2. The van der Waals surface area contributed by atoms with Crippen LogP contribution in [-0.4, -0.2) is 26.4 Å². The van der Waals surface area contributed by atoms with Crippen molar-refractivity contribution in [3.63, 3.8) is 0 Å². The monoisotopic (exact) mass is 539 g/mol. The minimum absolute atomic E-state index is 0.203. The number of fused-ring (bicyclic) bond motifs is 1. The van der Waals surface area contributed by atoms with Gasteiger partial charge in [-0.3, -0.25) is 4.79 Å². The molecule has 0 saturated heterocycles. The molecule has 0 saturated carbocycles. The molecule has 0 bridgehead atoms. The fourth-order valence-corrected chi connectivity index (χ4v) is 5.48. The lowest BCUT2D eigenvalue weighted by atomic mass is 9.94. The average Bonchev–Trinajstić information content (AvgIpc) is 3.35. The summed E-state index contributed by atoms with van der Waals surface area (Å²) in [7, 11) is 0. The van der Waals surface area contributed by atoms with Gasteiger partial charge in [0.15, 0.2) is 0 Å². The Morgan fingerprint density at radius 2 is 1.77 bits per heavy atom. The fraction of sp³-hybridized carbons (Fsp3) is 0.258. The standard InChI is InChI=1S/C31H33N5O2S/c1-4-5-19-39-31-34-30-32-22(3)27(29(37)33-24-15-7-6-8-16-24)28(36(30)35-31)25-17-11-12-18-26(25)38-20-23-14-10-9-13-21(23)2/h6-18,28H,4-5,19-20H2,1-3H3,(H,33,37)(H,32,34,35). The van der Waals surface area contributed by atoms with Crippen LogP contribution in [0.25, 0.3) is 0 Å². The van der Waals surface area contributed by atoms with Crippen LogP contribution >= 0.6 is 11.8 Å². The van der Waals surface area contributed by atoms with Gasteiger partial charge in [-0.1, -0.05) is 85.8 Å². The topological polar surface area (TPSA) is 81.1 Å². The molecule has 7 nitrogen and oxygen atoms in total. The Hall–Kier alpha value is -4.04. The van der Waals surface area contributed by atoms with Gasteiger partial charge in [0.2, 0.25) is 11.1 Å². The van der Waals surface area contributed by atoms with Gasteiger partial charge in [-0.15, -0.1) is 5.10 Å². The van der Waals surface area contributed by atoms with E-state index in [1.807, 2.05) is 78.3 Å². The van der Waals surface area contributed by atoms with Crippen LogP contribution in [0.4, 0.5) is 11.6 Å². The van der Waals surface area contributed by atoms with Crippen molar-refractivity contribution >= 4 is 29.3 Å². The Morgan fingerprint density at radius 1 is 1.03 bits per heavy atom. The van der Waals surface area contributed by atoms with Crippen LogP contribution in [0.1, 0.15) is 49.4 Å². The predicted molar refractivity (Wildman–Crippen MR) is 157 cm³/mol. The lowest BCUT2D eigenvalue weighted by molar-refractivity contribution is -0.113. The van der Waals surface area contributed by atoms with E-state index in [4.69, 9.17) is 14.8 Å². The number of hydrogen-bond acceptors (Lipinski definition) is 6. The number of aromatic nitrogens is 3. The molecule has 0 fully saturated rings. The molecule has 1 amide bonds. The van der Waals surface area contributed by atoms with E-state index in [1.165, 1.54) is 5.56 Å². The molecule has 4 aromatic rings. The largest absolute Gasteiger partial charge is 0.489 e. The summed E-state index contributed by atoms with van der Waals surface area (Å²) in [6.07, 6.45) is 2.19. The van der Waals surface area contributed by atoms with E-state index in [-0.39, 0.29) is 5.91 Å². The number of rotatable bonds is 10. The number of nitrogens with one attached hydrogen (secondary N) is 2. The molecule has 0 aliphatic carbocycles. The van der Waals surface area contributed by atoms with Crippen LogP contribution in [0, 0.1) is 6.92 Å². The third-order valence-corrected chi connectivity index (χ3v) is 7.62. The Balaban J connectivity index is 1.54. The SMILES string of the molecule is CCCCSc1nc2n(n1)C(c1ccccc1OCc1ccccc1C)C(C(=O)Nc1ccccc1)=C(C)N2. The molecular formula is C31H33N5O2S. The van der Waals surface area contributed by atoms with E-state index in [2.05, 4.69) is 36.6 Å². The van der Waals surface area contributed by atoms with Crippen LogP contribution in [0.5, 0.6) is 5.75 Å². The molecule has 200 valence electrons. The molecule has 39 heavy (non-hydrogen) atoms. The molecule has 2 N–H and O–H groups in total. The van der Waals surface area contributed by atoms with Crippen molar-refractivity contribution in [2.24, 2.45) is 0 Å². The number of aryl methyl sites for hydroxylation is 1. The highest BCUT2D eigenvalue weighted by Gasteiger charge is 2.36. The van der Waals surface area contributed by atoms with Crippen molar-refractivity contribution in [3.05, 3.63) is 107 Å². The van der Waals surface area contributed by atoms with Crippen molar-refractivity contribution in [1.82, 2.24) is 14.8 Å². The smallest absolute Gasteiger partial charge is 0.255 e. The molecule has 8 heteroatoms. The number of hydrogen-bond donors (Lipinski definition) is 2. The van der Waals surface area contributed by atoms with Crippen molar-refractivity contribution in [1.29, 1.82) is 0 Å². The van der Waals surface area contributed by atoms with Crippen LogP contribution < -0.4 is 15.4 Å². The number of anilines is 2. The number of carbonyl (C=O) groups is 1. The maximum atomic E-state index is 13.8. The van der Waals surface area contributed by atoms with Gasteiger partial charge in [0.25, 0.3) is 5.91 Å². The number of thioether (sulfide) groups is 1. The first-order valence-electron chi connectivity index (χ1n) is 13.2. The van der Waals surface area contributed by atoms with Crippen molar-refractivity contribution in [2.75, 3.05) is 16.4 Å². The summed E-state index contributed by atoms with van der Waals surface area (Å²) in [5.41, 5.74) is 5.15. The molecule has 5 rings (SSSR count). The lowest BCUT2D eigenvalue weighted by Gasteiger charge is -2.29. The summed E-state index contributed by atoms with van der Waals surface area (Å²) in [6.45, 7) is 6.58. The summed E-state index contributed by atoms with van der Waals surface area (Å²) >= 11 is 1.63. The number of unbranched alkanes of at least 4 members (excludes halogenated alkanes) is 1. The van der Waals surface area contributed by atoms with Crippen molar-refractivity contribution in [2.45, 2.75) is 51.4 Å². The third-order valence-electron chi connectivity index (χ3n) is 6.70. The predicted octanol–water partition coefficient (Wildman–Crippen LogP) is 6.99. The quantitative estimate of drug-likeness (QED) is 0.167. The van der Waals surface area contributed by atoms with Gasteiger partial charge in [-0.25, -0.2) is 4.68 Å². The first kappa shape index (κ1) is 26.6. The van der Waals surface area contributed by atoms with Gasteiger partial charge >= 0.3 is 0 Å². The van der Waals surface area contributed by atoms with Crippen molar-refractivity contribution in [3.8, 4) is 5.75 Å². The number of benzene rings is 3. The molecule has 3 aromatic carbocycles. The van der Waals surface area contributed by atoms with E-state index >= 15 is 0 Å². The van der Waals surface area contributed by atoms with E-state index in [9.17, 15) is 4.79 Å². The Kier molecular flexibility index (Phi) is 8.32. The molecule has 1 aliphatic rings. The maximum absolute atomic E-state index is 13.8. The number of ether oxygens (including phenoxy) is 1. The summed E-state index contributed by atoms with van der Waals surface area (Å²) in [4.78, 5) is 18.6. The second-order valence-electron chi connectivity index (χ2n) is 9.50. The van der Waals surface area contributed by atoms with E-state index in [1.54, 1.807) is 11.8 Å². The second kappa shape index (κ2) is 12.2. The molecule has 0 radical (unpaired) electrons. The average molecular weight is 540 g/mol. The van der Waals surface area contributed by atoms with Crippen LogP contribution in [0.3, 0.4) is 0 Å². The van der Waals surface area contributed by atoms with E-state index in [0.29, 0.717) is 29.0 Å². The minimum atomic E-state index is -0.522.